The highest BCUT2D eigenvalue weighted by Crippen LogP contribution is 2.38. The number of carboxylic acid groups (broad SMARTS) is 1. The number of ketones is 1. The number of aromatic amines is 2. The van der Waals surface area contributed by atoms with Crippen LogP contribution in [0.4, 0.5) is 26.3 Å². The molecule has 0 saturated heterocycles. The molecule has 0 unspecified atom stereocenters. The van der Waals surface area contributed by atoms with Crippen molar-refractivity contribution in [2.24, 2.45) is 5.73 Å². The zero-order valence-corrected chi connectivity index (χ0v) is 55.8. The maximum absolute atomic E-state index is 14.9. The van der Waals surface area contributed by atoms with Gasteiger partial charge in [-0.15, -0.1) is 0 Å². The topological polar surface area (TPSA) is 311 Å². The van der Waals surface area contributed by atoms with Crippen molar-refractivity contribution < 1.29 is 60.0 Å². The van der Waals surface area contributed by atoms with Crippen LogP contribution in [0.25, 0.3) is 101 Å². The largest absolute Gasteiger partial charge is 0.481 e. The molecule has 104 heavy (non-hydrogen) atoms. The Bertz CT molecular complexity index is 5200. The Kier molecular flexibility index (Phi) is 23.1. The fraction of sp³-hybridized carbons (Fsp3) is 0.132. The molecule has 0 fully saturated rings. The van der Waals surface area contributed by atoms with Crippen molar-refractivity contribution >= 4 is 50.8 Å². The first-order valence-corrected chi connectivity index (χ1v) is 31.9. The van der Waals surface area contributed by atoms with E-state index in [9.17, 15) is 45.8 Å². The molecule has 14 rings (SSSR count). The van der Waals surface area contributed by atoms with Gasteiger partial charge in [0.1, 0.15) is 46.2 Å². The van der Waals surface area contributed by atoms with Gasteiger partial charge >= 0.3 is 5.97 Å². The van der Waals surface area contributed by atoms with E-state index in [1.165, 1.54) is 113 Å². The molecule has 0 bridgehead atoms. The second kappa shape index (κ2) is 33.3. The molecule has 8 aromatic heterocycles. The van der Waals surface area contributed by atoms with E-state index in [1.807, 2.05) is 6.20 Å². The van der Waals surface area contributed by atoms with Gasteiger partial charge < -0.3 is 40.3 Å². The zero-order chi connectivity index (χ0) is 73.4. The molecule has 28 heteroatoms. The van der Waals surface area contributed by atoms with Crippen LogP contribution in [0.2, 0.25) is 0 Å². The summed E-state index contributed by atoms with van der Waals surface area (Å²) in [5.41, 5.74) is 12.4. The summed E-state index contributed by atoms with van der Waals surface area (Å²) >= 11 is 0. The van der Waals surface area contributed by atoms with Crippen molar-refractivity contribution in [1.82, 2.24) is 70.1 Å². The van der Waals surface area contributed by atoms with Crippen molar-refractivity contribution in [3.63, 3.8) is 0 Å². The van der Waals surface area contributed by atoms with Crippen molar-refractivity contribution in [3.8, 4) is 85.2 Å². The van der Waals surface area contributed by atoms with E-state index in [1.54, 1.807) is 79.3 Å². The van der Waals surface area contributed by atoms with Crippen molar-refractivity contribution in [1.29, 1.82) is 0 Å². The third-order valence-corrected chi connectivity index (χ3v) is 15.7. The molecule has 6 aromatic carbocycles. The second-order valence-corrected chi connectivity index (χ2v) is 22.7. The van der Waals surface area contributed by atoms with E-state index in [-0.39, 0.29) is 74.2 Å². The first kappa shape index (κ1) is 72.0. The van der Waals surface area contributed by atoms with Gasteiger partial charge in [0.2, 0.25) is 17.6 Å². The number of benzene rings is 6. The van der Waals surface area contributed by atoms with Crippen LogP contribution < -0.4 is 25.3 Å². The molecule has 6 N–H and O–H groups in total. The number of rotatable bonds is 19. The lowest BCUT2D eigenvalue weighted by Crippen LogP contribution is -2.24. The molecule has 0 spiro atoms. The lowest BCUT2D eigenvalue weighted by molar-refractivity contribution is 0.0696. The summed E-state index contributed by atoms with van der Waals surface area (Å²) in [6.07, 6.45) is 13.5. The number of halogens is 6. The average Bonchev–Trinajstić information content (AvgIpc) is 0.845. The Hall–Kier alpha value is -13.2. The fourth-order valence-electron chi connectivity index (χ4n) is 10.5. The lowest BCUT2D eigenvalue weighted by atomic mass is 10.0. The van der Waals surface area contributed by atoms with Crippen molar-refractivity contribution in [2.75, 3.05) is 34.4 Å². The maximum atomic E-state index is 14.9. The molecular formula is C76H61F6N15O7. The number of H-pyrrole nitrogens is 2. The van der Waals surface area contributed by atoms with Gasteiger partial charge in [-0.25, -0.2) is 86.0 Å². The van der Waals surface area contributed by atoms with Crippen molar-refractivity contribution in [2.45, 2.75) is 32.6 Å². The third-order valence-electron chi connectivity index (χ3n) is 15.7. The van der Waals surface area contributed by atoms with E-state index >= 15 is 0 Å². The molecule has 8 heterocycles. The summed E-state index contributed by atoms with van der Waals surface area (Å²) in [7, 11) is 4.25. The third kappa shape index (κ3) is 17.5. The minimum Gasteiger partial charge on any atom is -0.481 e. The Labute approximate surface area is 588 Å². The van der Waals surface area contributed by atoms with Crippen LogP contribution in [-0.2, 0) is 12.8 Å². The highest BCUT2D eigenvalue weighted by atomic mass is 19.1. The molecule has 0 aliphatic rings. The van der Waals surface area contributed by atoms with Gasteiger partial charge in [0.05, 0.1) is 95.7 Å². The number of carboxylic acids is 1. The van der Waals surface area contributed by atoms with Crippen LogP contribution in [0.3, 0.4) is 0 Å². The minimum absolute atomic E-state index is 0.0278. The summed E-state index contributed by atoms with van der Waals surface area (Å²) in [5, 5.41) is 12.1. The number of amides is 1. The number of nitrogens with two attached hydrogens (primary N) is 1. The predicted octanol–water partition coefficient (Wildman–Crippen LogP) is 14.2. The second-order valence-electron chi connectivity index (χ2n) is 22.7. The van der Waals surface area contributed by atoms with Gasteiger partial charge in [0, 0.05) is 107 Å². The molecule has 0 atom stereocenters. The number of Topliss-reactive ketones (excluding diaryl/α,β-unsaturated/α-hetero) is 1. The Morgan fingerprint density at radius 3 is 1.12 bits per heavy atom. The quantitative estimate of drug-likeness (QED) is 0.0285. The molecular weight excluding hydrogens is 1350 g/mol. The molecule has 0 radical (unpaired) electrons. The normalized spacial score (nSPS) is 10.8. The maximum Gasteiger partial charge on any atom is 0.335 e. The Morgan fingerprint density at radius 2 is 0.779 bits per heavy atom. The number of hydrogen-bond donors (Lipinski definition) is 5. The first-order chi connectivity index (χ1) is 50.4. The summed E-state index contributed by atoms with van der Waals surface area (Å²) in [6.45, 7) is 2.66. The zero-order valence-electron chi connectivity index (χ0n) is 55.8. The number of nitrogens with one attached hydrogen (secondary N) is 3. The SMILES string of the molecule is COc1cc(-c2nc3cc(C(=O)NCCCc4ncc[nH]4)ccc3nc2-c2ccc(F)cc2)c(F)cn1.COc1cc(-c2nc3cc(C(=O)O)ccc3nc2-c2ccc(F)cc2)c(F)cn1.COc1cc(-c2nc3cc(C(C)=O)ccc3nc2-c2ccc(F)cc2)c(F)cn1.NCCCc1ncc[nH]1. The lowest BCUT2D eigenvalue weighted by Gasteiger charge is -2.13. The number of ether oxygens (including phenoxy) is 3. The van der Waals surface area contributed by atoms with Gasteiger partial charge in [0.15, 0.2) is 23.2 Å². The molecule has 0 aliphatic carbocycles. The molecule has 14 aromatic rings. The van der Waals surface area contributed by atoms with Gasteiger partial charge in [-0.3, -0.25) is 9.59 Å². The molecule has 524 valence electrons. The number of pyridine rings is 3. The summed E-state index contributed by atoms with van der Waals surface area (Å²) in [5.74, 6) is -2.13. The minimum atomic E-state index is -1.12. The monoisotopic (exact) mass is 1410 g/mol. The number of carbonyl (C=O) groups is 3. The highest BCUT2D eigenvalue weighted by molar-refractivity contribution is 6.00. The molecule has 0 aliphatic heterocycles. The fourth-order valence-corrected chi connectivity index (χ4v) is 10.5. The van der Waals surface area contributed by atoms with E-state index in [0.29, 0.717) is 85.4 Å². The number of hydrogen-bond acceptors (Lipinski definition) is 18. The molecule has 1 amide bonds. The van der Waals surface area contributed by atoms with Gasteiger partial charge in [-0.2, -0.15) is 0 Å². The Balaban J connectivity index is 0.000000148. The Morgan fingerprint density at radius 1 is 0.433 bits per heavy atom. The smallest absolute Gasteiger partial charge is 0.335 e. The summed E-state index contributed by atoms with van der Waals surface area (Å²) in [4.78, 5) is 89.2. The summed E-state index contributed by atoms with van der Waals surface area (Å²) in [6, 6.07) is 35.4. The number of aromatic nitrogens is 13. The van der Waals surface area contributed by atoms with Gasteiger partial charge in [0.25, 0.3) is 5.91 Å². The average molecular weight is 1410 g/mol. The first-order valence-electron chi connectivity index (χ1n) is 31.9. The number of aryl methyl sites for hydroxylation is 2. The number of carbonyl (C=O) groups excluding carboxylic acids is 2. The standard InChI is InChI=1S/C27H22F2N6O2.C22H15F2N3O2.C21H13F2N3O3.C6H11N3/c1-37-24-14-19(20(29)15-33-24)26-25(16-4-7-18(28)8-5-16)34-21-9-6-17(13-22(21)35-26)27(36)32-10-2-3-23-30-11-12-31-23;1-12(28)14-5-8-18-19(9-14)27-22(16-10-20(29-2)25-11-17(16)24)21(26-18)13-3-6-15(23)7-4-13;1-29-18-9-14(15(23)10-24-18)20-19(11-2-5-13(22)6-3-11)25-16-7-4-12(21(27)28)8-17(16)26-20;7-3-1-2-6-8-4-5-9-6/h4-9,11-15H,2-3,10H2,1H3,(H,30,31)(H,32,36);3-11H,1-2H3;2-10H,1H3,(H,27,28);4-5H,1-3,7H2,(H,8,9). The van der Waals surface area contributed by atoms with E-state index in [4.69, 9.17) is 24.9 Å². The van der Waals surface area contributed by atoms with Gasteiger partial charge in [-0.05, 0) is 154 Å². The number of aromatic carboxylic acids is 1. The van der Waals surface area contributed by atoms with Crippen molar-refractivity contribution in [3.05, 3.63) is 252 Å². The van der Waals surface area contributed by atoms with Crippen LogP contribution in [-0.4, -0.2) is 122 Å². The predicted molar refractivity (Wildman–Crippen MR) is 376 cm³/mol. The van der Waals surface area contributed by atoms with Crippen LogP contribution in [0.15, 0.2) is 189 Å². The number of imidazole rings is 2. The molecule has 0 saturated carbocycles. The van der Waals surface area contributed by atoms with E-state index in [2.05, 4.69) is 65.1 Å². The number of methoxy groups -OCH3 is 3. The summed E-state index contributed by atoms with van der Waals surface area (Å²) < 4.78 is 99.9. The van der Waals surface area contributed by atoms with Crippen LogP contribution >= 0.6 is 0 Å². The number of nitrogens with zero attached hydrogens (tertiary/aromatic N) is 11. The highest BCUT2D eigenvalue weighted by Gasteiger charge is 2.23. The number of fused-ring (bicyclic) bond motifs is 3. The molecule has 22 nitrogen and oxygen atoms in total. The van der Waals surface area contributed by atoms with Crippen LogP contribution in [0, 0.1) is 34.9 Å². The van der Waals surface area contributed by atoms with E-state index in [0.717, 1.165) is 56.0 Å². The van der Waals surface area contributed by atoms with E-state index < -0.39 is 40.9 Å². The van der Waals surface area contributed by atoms with Gasteiger partial charge in [-0.1, -0.05) is 0 Å². The van der Waals surface area contributed by atoms with Crippen LogP contribution in [0.1, 0.15) is 62.5 Å². The van der Waals surface area contributed by atoms with Crippen LogP contribution in [0.5, 0.6) is 17.6 Å².